The summed E-state index contributed by atoms with van der Waals surface area (Å²) in [6.07, 6.45) is 5.52. The van der Waals surface area contributed by atoms with Gasteiger partial charge >= 0.3 is 0 Å². The minimum atomic E-state index is 0.271. The highest BCUT2D eigenvalue weighted by Gasteiger charge is 2.29. The average molecular weight is 226 g/mol. The van der Waals surface area contributed by atoms with E-state index in [2.05, 4.69) is 45.0 Å². The number of unbranched alkanes of at least 4 members (excludes halogenated alkanes) is 1. The molecule has 16 heavy (non-hydrogen) atoms. The SMILES string of the molecule is CC(C1CC1)N(C)CCCCNC(C)(C)C. The van der Waals surface area contributed by atoms with Gasteiger partial charge in [-0.05, 0) is 79.4 Å². The molecule has 1 N–H and O–H groups in total. The molecule has 1 saturated carbocycles. The maximum Gasteiger partial charge on any atom is 0.00965 e. The molecule has 1 fully saturated rings. The van der Waals surface area contributed by atoms with E-state index in [4.69, 9.17) is 0 Å². The monoisotopic (exact) mass is 226 g/mol. The zero-order valence-corrected chi connectivity index (χ0v) is 11.8. The van der Waals surface area contributed by atoms with Crippen molar-refractivity contribution < 1.29 is 0 Å². The number of rotatable bonds is 7. The Morgan fingerprint density at radius 2 is 1.88 bits per heavy atom. The van der Waals surface area contributed by atoms with Crippen LogP contribution < -0.4 is 5.32 Å². The Labute approximate surface area is 102 Å². The van der Waals surface area contributed by atoms with Gasteiger partial charge in [-0.2, -0.15) is 0 Å². The maximum absolute atomic E-state index is 3.54. The fourth-order valence-corrected chi connectivity index (χ4v) is 2.09. The third-order valence-corrected chi connectivity index (χ3v) is 3.59. The van der Waals surface area contributed by atoms with Crippen LogP contribution in [0.2, 0.25) is 0 Å². The highest BCUT2D eigenvalue weighted by atomic mass is 15.1. The molecule has 2 nitrogen and oxygen atoms in total. The molecule has 0 aromatic heterocycles. The summed E-state index contributed by atoms with van der Waals surface area (Å²) in [5, 5.41) is 3.54. The molecule has 1 rings (SSSR count). The zero-order chi connectivity index (χ0) is 12.2. The Morgan fingerprint density at radius 1 is 1.25 bits per heavy atom. The summed E-state index contributed by atoms with van der Waals surface area (Å²) in [5.41, 5.74) is 0.271. The summed E-state index contributed by atoms with van der Waals surface area (Å²) >= 11 is 0. The molecule has 0 radical (unpaired) electrons. The quantitative estimate of drug-likeness (QED) is 0.672. The van der Waals surface area contributed by atoms with Gasteiger partial charge in [-0.3, -0.25) is 0 Å². The van der Waals surface area contributed by atoms with E-state index < -0.39 is 0 Å². The largest absolute Gasteiger partial charge is 0.312 e. The Bertz CT molecular complexity index is 191. The first-order valence-electron chi connectivity index (χ1n) is 6.85. The van der Waals surface area contributed by atoms with Crippen LogP contribution in [0, 0.1) is 5.92 Å². The minimum absolute atomic E-state index is 0.271. The lowest BCUT2D eigenvalue weighted by molar-refractivity contribution is 0.229. The molecule has 0 aromatic rings. The molecule has 0 bridgehead atoms. The maximum atomic E-state index is 3.54. The molecule has 1 aliphatic rings. The molecule has 0 amide bonds. The van der Waals surface area contributed by atoms with Crippen molar-refractivity contribution in [1.82, 2.24) is 10.2 Å². The molecule has 0 saturated heterocycles. The van der Waals surface area contributed by atoms with Crippen molar-refractivity contribution >= 4 is 0 Å². The number of nitrogens with zero attached hydrogens (tertiary/aromatic N) is 1. The highest BCUT2D eigenvalue weighted by molar-refractivity contribution is 4.84. The Morgan fingerprint density at radius 3 is 2.38 bits per heavy atom. The van der Waals surface area contributed by atoms with Crippen molar-refractivity contribution in [2.24, 2.45) is 5.92 Å². The topological polar surface area (TPSA) is 15.3 Å². The molecule has 96 valence electrons. The minimum Gasteiger partial charge on any atom is -0.312 e. The Balaban J connectivity index is 1.98. The van der Waals surface area contributed by atoms with Crippen LogP contribution in [0.15, 0.2) is 0 Å². The molecule has 0 spiro atoms. The first kappa shape index (κ1) is 14.0. The van der Waals surface area contributed by atoms with Crippen LogP contribution in [0.3, 0.4) is 0 Å². The van der Waals surface area contributed by atoms with Crippen molar-refractivity contribution in [1.29, 1.82) is 0 Å². The van der Waals surface area contributed by atoms with E-state index in [1.165, 1.54) is 32.2 Å². The van der Waals surface area contributed by atoms with Gasteiger partial charge in [0.05, 0.1) is 0 Å². The fourth-order valence-electron chi connectivity index (χ4n) is 2.09. The number of hydrogen-bond acceptors (Lipinski definition) is 2. The van der Waals surface area contributed by atoms with Crippen LogP contribution in [0.1, 0.15) is 53.4 Å². The summed E-state index contributed by atoms with van der Waals surface area (Å²) in [6, 6.07) is 0.801. The fraction of sp³-hybridized carbons (Fsp3) is 1.00. The van der Waals surface area contributed by atoms with Crippen molar-refractivity contribution in [2.75, 3.05) is 20.1 Å². The lowest BCUT2D eigenvalue weighted by Gasteiger charge is -2.25. The van der Waals surface area contributed by atoms with Gasteiger partial charge in [0.1, 0.15) is 0 Å². The smallest absolute Gasteiger partial charge is 0.00965 e. The summed E-state index contributed by atoms with van der Waals surface area (Å²) in [4.78, 5) is 2.54. The second-order valence-corrected chi connectivity index (χ2v) is 6.44. The van der Waals surface area contributed by atoms with E-state index in [0.717, 1.165) is 18.5 Å². The average Bonchev–Trinajstić information content (AvgIpc) is 2.97. The van der Waals surface area contributed by atoms with Crippen molar-refractivity contribution in [3.05, 3.63) is 0 Å². The van der Waals surface area contributed by atoms with E-state index in [1.54, 1.807) is 0 Å². The van der Waals surface area contributed by atoms with E-state index in [9.17, 15) is 0 Å². The summed E-state index contributed by atoms with van der Waals surface area (Å²) in [5.74, 6) is 0.998. The molecule has 1 aliphatic carbocycles. The predicted octanol–water partition coefficient (Wildman–Crippen LogP) is 2.89. The first-order chi connectivity index (χ1) is 7.40. The number of nitrogens with one attached hydrogen (secondary N) is 1. The van der Waals surface area contributed by atoms with Crippen LogP contribution in [-0.2, 0) is 0 Å². The van der Waals surface area contributed by atoms with E-state index in [-0.39, 0.29) is 5.54 Å². The van der Waals surface area contributed by atoms with Gasteiger partial charge in [0.2, 0.25) is 0 Å². The standard InChI is InChI=1S/C14H30N2/c1-12(13-8-9-13)16(5)11-7-6-10-15-14(2,3)4/h12-13,15H,6-11H2,1-5H3. The van der Waals surface area contributed by atoms with Crippen LogP contribution in [0.4, 0.5) is 0 Å². The third-order valence-electron chi connectivity index (χ3n) is 3.59. The summed E-state index contributed by atoms with van der Waals surface area (Å²) in [6.45, 7) is 11.5. The molecule has 0 aromatic carbocycles. The van der Waals surface area contributed by atoms with Gasteiger partial charge < -0.3 is 10.2 Å². The molecule has 1 unspecified atom stereocenters. The second kappa shape index (κ2) is 6.02. The lowest BCUT2D eigenvalue weighted by atomic mass is 10.1. The summed E-state index contributed by atoms with van der Waals surface area (Å²) < 4.78 is 0. The van der Waals surface area contributed by atoms with Crippen LogP contribution >= 0.6 is 0 Å². The molecular weight excluding hydrogens is 196 g/mol. The normalized spacial score (nSPS) is 19.1. The van der Waals surface area contributed by atoms with Gasteiger partial charge in [-0.25, -0.2) is 0 Å². The third kappa shape index (κ3) is 5.86. The van der Waals surface area contributed by atoms with Crippen molar-refractivity contribution in [3.63, 3.8) is 0 Å². The van der Waals surface area contributed by atoms with E-state index >= 15 is 0 Å². The molecule has 1 atom stereocenters. The zero-order valence-electron chi connectivity index (χ0n) is 11.8. The molecule has 0 heterocycles. The van der Waals surface area contributed by atoms with Crippen LogP contribution in [0.25, 0.3) is 0 Å². The Hall–Kier alpha value is -0.0800. The van der Waals surface area contributed by atoms with Crippen LogP contribution in [0.5, 0.6) is 0 Å². The molecule has 2 heteroatoms. The molecular formula is C14H30N2. The van der Waals surface area contributed by atoms with E-state index in [1.807, 2.05) is 0 Å². The molecule has 0 aliphatic heterocycles. The van der Waals surface area contributed by atoms with Crippen LogP contribution in [-0.4, -0.2) is 36.6 Å². The van der Waals surface area contributed by atoms with Gasteiger partial charge in [-0.1, -0.05) is 0 Å². The lowest BCUT2D eigenvalue weighted by Crippen LogP contribution is -2.37. The van der Waals surface area contributed by atoms with Gasteiger partial charge in [0.25, 0.3) is 0 Å². The number of hydrogen-bond donors (Lipinski definition) is 1. The van der Waals surface area contributed by atoms with Gasteiger partial charge in [0, 0.05) is 11.6 Å². The Kier molecular flexibility index (Phi) is 5.26. The van der Waals surface area contributed by atoms with Gasteiger partial charge in [-0.15, -0.1) is 0 Å². The van der Waals surface area contributed by atoms with Crippen molar-refractivity contribution in [3.8, 4) is 0 Å². The summed E-state index contributed by atoms with van der Waals surface area (Å²) in [7, 11) is 2.28. The highest BCUT2D eigenvalue weighted by Crippen LogP contribution is 2.34. The van der Waals surface area contributed by atoms with Gasteiger partial charge in [0.15, 0.2) is 0 Å². The van der Waals surface area contributed by atoms with E-state index in [0.29, 0.717) is 0 Å². The first-order valence-corrected chi connectivity index (χ1v) is 6.85. The predicted molar refractivity (Wildman–Crippen MR) is 71.8 cm³/mol. The van der Waals surface area contributed by atoms with Crippen molar-refractivity contribution in [2.45, 2.75) is 65.0 Å². The second-order valence-electron chi connectivity index (χ2n) is 6.44.